The van der Waals surface area contributed by atoms with Crippen LogP contribution in [0.25, 0.3) is 0 Å². The topological polar surface area (TPSA) is 100 Å². The highest BCUT2D eigenvalue weighted by atomic mass is 16.5. The summed E-state index contributed by atoms with van der Waals surface area (Å²) in [6.45, 7) is 3.87. The highest BCUT2D eigenvalue weighted by molar-refractivity contribution is 5.92. The highest BCUT2D eigenvalue weighted by Gasteiger charge is 2.21. The number of carbonyl (C=O) groups is 1. The molecule has 28 heavy (non-hydrogen) atoms. The van der Waals surface area contributed by atoms with Gasteiger partial charge in [-0.3, -0.25) is 14.7 Å². The van der Waals surface area contributed by atoms with Crippen molar-refractivity contribution in [2.75, 3.05) is 32.8 Å². The summed E-state index contributed by atoms with van der Waals surface area (Å²) in [6, 6.07) is 3.74. The third-order valence-electron chi connectivity index (χ3n) is 5.22. The molecule has 1 saturated heterocycles. The van der Waals surface area contributed by atoms with Gasteiger partial charge < -0.3 is 15.2 Å². The molecule has 8 nitrogen and oxygen atoms in total. The molecule has 2 N–H and O–H groups in total. The lowest BCUT2D eigenvalue weighted by molar-refractivity contribution is -0.0316. The number of ether oxygens (including phenoxy) is 1. The number of nitrogens with one attached hydrogen (secondary N) is 1. The molecule has 2 aromatic rings. The molecule has 2 aliphatic rings. The van der Waals surface area contributed by atoms with E-state index >= 15 is 0 Å². The van der Waals surface area contributed by atoms with E-state index in [2.05, 4.69) is 25.2 Å². The molecule has 1 atom stereocenters. The summed E-state index contributed by atoms with van der Waals surface area (Å²) < 4.78 is 5.17. The second-order valence-corrected chi connectivity index (χ2v) is 7.50. The molecule has 4 rings (SSSR count). The van der Waals surface area contributed by atoms with Gasteiger partial charge in [0.2, 0.25) is 0 Å². The van der Waals surface area contributed by atoms with Gasteiger partial charge in [-0.2, -0.15) is 0 Å². The van der Waals surface area contributed by atoms with E-state index in [1.54, 1.807) is 12.3 Å². The number of nitrogens with zero attached hydrogens (tertiary/aromatic N) is 4. The van der Waals surface area contributed by atoms with E-state index < -0.39 is 6.10 Å². The zero-order chi connectivity index (χ0) is 19.3. The van der Waals surface area contributed by atoms with Gasteiger partial charge in [0.05, 0.1) is 19.3 Å². The van der Waals surface area contributed by atoms with Gasteiger partial charge in [0, 0.05) is 50.2 Å². The molecule has 1 fully saturated rings. The van der Waals surface area contributed by atoms with Gasteiger partial charge >= 0.3 is 0 Å². The van der Waals surface area contributed by atoms with E-state index in [1.165, 1.54) is 17.5 Å². The number of pyridine rings is 1. The fraction of sp³-hybridized carbons (Fsp3) is 0.500. The minimum Gasteiger partial charge on any atom is -0.390 e. The van der Waals surface area contributed by atoms with Crippen molar-refractivity contribution in [1.82, 2.24) is 25.2 Å². The molecule has 0 bridgehead atoms. The number of amides is 1. The average Bonchev–Trinajstić information content (AvgIpc) is 2.69. The largest absolute Gasteiger partial charge is 0.390 e. The minimum absolute atomic E-state index is 0.189. The molecule has 0 unspecified atom stereocenters. The summed E-state index contributed by atoms with van der Waals surface area (Å²) in [4.78, 5) is 27.0. The molecule has 8 heteroatoms. The summed E-state index contributed by atoms with van der Waals surface area (Å²) in [5, 5.41) is 13.1. The first-order valence-electron chi connectivity index (χ1n) is 9.66. The van der Waals surface area contributed by atoms with Crippen LogP contribution in [-0.4, -0.2) is 69.8 Å². The summed E-state index contributed by atoms with van der Waals surface area (Å²) in [5.74, 6) is 0.181. The van der Waals surface area contributed by atoms with E-state index in [4.69, 9.17) is 4.74 Å². The Morgan fingerprint density at radius 3 is 3.07 bits per heavy atom. The monoisotopic (exact) mass is 383 g/mol. The Balaban J connectivity index is 1.25. The average molecular weight is 383 g/mol. The van der Waals surface area contributed by atoms with Crippen LogP contribution in [0.3, 0.4) is 0 Å². The van der Waals surface area contributed by atoms with Crippen molar-refractivity contribution in [3.05, 3.63) is 53.4 Å². The number of rotatable bonds is 7. The van der Waals surface area contributed by atoms with Crippen molar-refractivity contribution in [2.45, 2.75) is 25.5 Å². The standard InChI is InChI=1S/C20H25N5O3/c26-18(10-25-4-2-15-7-21-3-1-16(15)9-25)8-22-20(27)19-6-17(23-13-24-19)5-14-11-28-12-14/h1,3,6-7,13-14,18,26H,2,4-5,8-12H2,(H,22,27)/t18-/m0/s1. The zero-order valence-corrected chi connectivity index (χ0v) is 15.8. The Morgan fingerprint density at radius 1 is 1.36 bits per heavy atom. The van der Waals surface area contributed by atoms with Gasteiger partial charge in [-0.15, -0.1) is 0 Å². The third-order valence-corrected chi connectivity index (χ3v) is 5.22. The number of hydrogen-bond donors (Lipinski definition) is 2. The van der Waals surface area contributed by atoms with Crippen LogP contribution in [-0.2, 0) is 24.1 Å². The Bertz CT molecular complexity index is 827. The number of fused-ring (bicyclic) bond motifs is 1. The quantitative estimate of drug-likeness (QED) is 0.705. The molecule has 0 radical (unpaired) electrons. The van der Waals surface area contributed by atoms with Crippen molar-refractivity contribution >= 4 is 5.91 Å². The van der Waals surface area contributed by atoms with Crippen LogP contribution < -0.4 is 5.32 Å². The summed E-state index contributed by atoms with van der Waals surface area (Å²) in [7, 11) is 0. The van der Waals surface area contributed by atoms with Crippen molar-refractivity contribution < 1.29 is 14.6 Å². The first kappa shape index (κ1) is 18.9. The smallest absolute Gasteiger partial charge is 0.270 e. The van der Waals surface area contributed by atoms with Gasteiger partial charge in [0.1, 0.15) is 12.0 Å². The van der Waals surface area contributed by atoms with Crippen LogP contribution in [0.5, 0.6) is 0 Å². The maximum atomic E-state index is 12.4. The molecule has 0 spiro atoms. The van der Waals surface area contributed by atoms with Crippen molar-refractivity contribution in [3.8, 4) is 0 Å². The van der Waals surface area contributed by atoms with Crippen LogP contribution in [0.2, 0.25) is 0 Å². The molecular weight excluding hydrogens is 358 g/mol. The van der Waals surface area contributed by atoms with E-state index in [1.807, 2.05) is 12.3 Å². The van der Waals surface area contributed by atoms with Crippen molar-refractivity contribution in [1.29, 1.82) is 0 Å². The lowest BCUT2D eigenvalue weighted by atomic mass is 10.0. The SMILES string of the molecule is O=C(NC[C@H](O)CN1CCc2cnccc2C1)c1cc(CC2COC2)ncn1. The number of aliphatic hydroxyl groups is 1. The van der Waals surface area contributed by atoms with Gasteiger partial charge in [0.25, 0.3) is 5.91 Å². The Hall–Kier alpha value is -2.42. The number of aromatic nitrogens is 3. The van der Waals surface area contributed by atoms with E-state index in [-0.39, 0.29) is 12.5 Å². The number of β-amino-alcohol motifs (C(OH)–C–C–N with tert-alkyl or cyclic N) is 1. The Kier molecular flexibility index (Phi) is 5.90. The Labute approximate surface area is 164 Å². The highest BCUT2D eigenvalue weighted by Crippen LogP contribution is 2.17. The molecule has 2 aliphatic heterocycles. The predicted octanol–water partition coefficient (Wildman–Crippen LogP) is 0.209. The molecular formula is C20H25N5O3. The lowest BCUT2D eigenvalue weighted by Crippen LogP contribution is -2.42. The van der Waals surface area contributed by atoms with Crippen LogP contribution in [0.4, 0.5) is 0 Å². The Morgan fingerprint density at radius 2 is 2.25 bits per heavy atom. The zero-order valence-electron chi connectivity index (χ0n) is 15.8. The maximum Gasteiger partial charge on any atom is 0.270 e. The molecule has 0 saturated carbocycles. The van der Waals surface area contributed by atoms with Crippen LogP contribution in [0.1, 0.15) is 27.3 Å². The first-order chi connectivity index (χ1) is 13.7. The summed E-state index contributed by atoms with van der Waals surface area (Å²) >= 11 is 0. The minimum atomic E-state index is -0.638. The van der Waals surface area contributed by atoms with Crippen LogP contribution >= 0.6 is 0 Å². The number of hydrogen-bond acceptors (Lipinski definition) is 7. The second-order valence-electron chi connectivity index (χ2n) is 7.50. The lowest BCUT2D eigenvalue weighted by Gasteiger charge is -2.30. The fourth-order valence-corrected chi connectivity index (χ4v) is 3.58. The molecule has 1 amide bonds. The summed E-state index contributed by atoms with van der Waals surface area (Å²) in [6.07, 6.45) is 6.21. The number of aliphatic hydroxyl groups excluding tert-OH is 1. The number of carbonyl (C=O) groups excluding carboxylic acids is 1. The van der Waals surface area contributed by atoms with Crippen molar-refractivity contribution in [3.63, 3.8) is 0 Å². The van der Waals surface area contributed by atoms with Gasteiger partial charge in [-0.05, 0) is 36.1 Å². The van der Waals surface area contributed by atoms with E-state index in [0.29, 0.717) is 18.2 Å². The van der Waals surface area contributed by atoms with Crippen LogP contribution in [0, 0.1) is 5.92 Å². The fourth-order valence-electron chi connectivity index (χ4n) is 3.58. The molecule has 0 aliphatic carbocycles. The maximum absolute atomic E-state index is 12.4. The van der Waals surface area contributed by atoms with Gasteiger partial charge in [0.15, 0.2) is 0 Å². The van der Waals surface area contributed by atoms with E-state index in [0.717, 1.165) is 44.8 Å². The van der Waals surface area contributed by atoms with E-state index in [9.17, 15) is 9.90 Å². The van der Waals surface area contributed by atoms with Gasteiger partial charge in [-0.25, -0.2) is 9.97 Å². The van der Waals surface area contributed by atoms with Gasteiger partial charge in [-0.1, -0.05) is 0 Å². The van der Waals surface area contributed by atoms with Crippen molar-refractivity contribution in [2.24, 2.45) is 5.92 Å². The summed E-state index contributed by atoms with van der Waals surface area (Å²) in [5.41, 5.74) is 3.70. The molecule has 4 heterocycles. The predicted molar refractivity (Wildman–Crippen MR) is 102 cm³/mol. The normalized spacial score (nSPS) is 18.2. The molecule has 0 aromatic carbocycles. The first-order valence-corrected chi connectivity index (χ1v) is 9.66. The second kappa shape index (κ2) is 8.72. The molecule has 148 valence electrons. The third kappa shape index (κ3) is 4.70. The molecule has 2 aromatic heterocycles. The van der Waals surface area contributed by atoms with Crippen LogP contribution in [0.15, 0.2) is 30.9 Å².